The Bertz CT molecular complexity index is 434. The Hall–Kier alpha value is -1.04. The number of H-pyrrole nitrogens is 1. The van der Waals surface area contributed by atoms with E-state index in [4.69, 9.17) is 0 Å². The quantitative estimate of drug-likeness (QED) is 0.603. The van der Waals surface area contributed by atoms with Gasteiger partial charge in [0.1, 0.15) is 5.78 Å². The van der Waals surface area contributed by atoms with Crippen molar-refractivity contribution in [3.63, 3.8) is 0 Å². The van der Waals surface area contributed by atoms with E-state index in [1.165, 1.54) is 0 Å². The molecule has 1 N–H and O–H groups in total. The van der Waals surface area contributed by atoms with Crippen LogP contribution in [0.5, 0.6) is 0 Å². The van der Waals surface area contributed by atoms with Crippen LogP contribution in [0.1, 0.15) is 38.6 Å². The number of aromatic amines is 1. The van der Waals surface area contributed by atoms with E-state index in [1.54, 1.807) is 23.3 Å². The Morgan fingerprint density at radius 2 is 2.38 bits per heavy atom. The lowest BCUT2D eigenvalue weighted by molar-refractivity contribution is -0.117. The minimum absolute atomic E-state index is 0.114. The Balaban J connectivity index is 1.89. The molecule has 1 fully saturated rings. The molecule has 0 amide bonds. The molecule has 1 aromatic heterocycles. The standard InChI is InChI=1S/C10H15N3O2S/c1-7(14)3-2-6-16-10-12-11-9(15)13(10)8-4-5-8/h8H,2-6H2,1H3,(H,11,15). The molecule has 1 aliphatic rings. The van der Waals surface area contributed by atoms with Crippen LogP contribution in [0.3, 0.4) is 0 Å². The van der Waals surface area contributed by atoms with Crippen molar-refractivity contribution in [3.05, 3.63) is 10.5 Å². The summed E-state index contributed by atoms with van der Waals surface area (Å²) in [7, 11) is 0. The maximum Gasteiger partial charge on any atom is 0.344 e. The second-order valence-corrected chi connectivity index (χ2v) is 5.13. The molecule has 0 atom stereocenters. The van der Waals surface area contributed by atoms with E-state index >= 15 is 0 Å². The maximum absolute atomic E-state index is 11.4. The SMILES string of the molecule is CC(=O)CCCSc1n[nH]c(=O)n1C1CC1. The molecule has 0 saturated heterocycles. The minimum Gasteiger partial charge on any atom is -0.300 e. The molecule has 0 aliphatic heterocycles. The molecule has 2 rings (SSSR count). The second-order valence-electron chi connectivity index (χ2n) is 4.07. The predicted molar refractivity (Wildman–Crippen MR) is 61.8 cm³/mol. The zero-order chi connectivity index (χ0) is 11.5. The molecule has 0 aromatic carbocycles. The zero-order valence-electron chi connectivity index (χ0n) is 9.23. The molecule has 0 radical (unpaired) electrons. The number of rotatable bonds is 6. The molecular formula is C10H15N3O2S. The van der Waals surface area contributed by atoms with E-state index in [2.05, 4.69) is 10.2 Å². The molecule has 6 heteroatoms. The summed E-state index contributed by atoms with van der Waals surface area (Å²) in [5.41, 5.74) is -0.114. The van der Waals surface area contributed by atoms with E-state index in [0.717, 1.165) is 30.2 Å². The molecule has 0 unspecified atom stereocenters. The summed E-state index contributed by atoms with van der Waals surface area (Å²) in [6, 6.07) is 0.349. The van der Waals surface area contributed by atoms with Crippen molar-refractivity contribution in [1.82, 2.24) is 14.8 Å². The number of hydrogen-bond donors (Lipinski definition) is 1. The van der Waals surface area contributed by atoms with Gasteiger partial charge in [-0.25, -0.2) is 9.89 Å². The first kappa shape index (κ1) is 11.4. The van der Waals surface area contributed by atoms with Crippen LogP contribution in [0, 0.1) is 0 Å². The second kappa shape index (κ2) is 4.86. The highest BCUT2D eigenvalue weighted by molar-refractivity contribution is 7.99. The number of carbonyl (C=O) groups is 1. The van der Waals surface area contributed by atoms with Gasteiger partial charge in [0.25, 0.3) is 0 Å². The Morgan fingerprint density at radius 1 is 1.62 bits per heavy atom. The highest BCUT2D eigenvalue weighted by Gasteiger charge is 2.28. The molecule has 16 heavy (non-hydrogen) atoms. The highest BCUT2D eigenvalue weighted by atomic mass is 32.2. The molecule has 0 bridgehead atoms. The Kier molecular flexibility index (Phi) is 3.48. The van der Waals surface area contributed by atoms with Crippen LogP contribution >= 0.6 is 11.8 Å². The normalized spacial score (nSPS) is 15.3. The average molecular weight is 241 g/mol. The summed E-state index contributed by atoms with van der Waals surface area (Å²) in [6.45, 7) is 1.60. The number of aromatic nitrogens is 3. The molecular weight excluding hydrogens is 226 g/mol. The molecule has 5 nitrogen and oxygen atoms in total. The fourth-order valence-electron chi connectivity index (χ4n) is 1.53. The number of thioether (sulfide) groups is 1. The molecule has 1 aliphatic carbocycles. The number of nitrogens with one attached hydrogen (secondary N) is 1. The minimum atomic E-state index is -0.114. The van der Waals surface area contributed by atoms with Crippen LogP contribution in [0.15, 0.2) is 9.95 Å². The van der Waals surface area contributed by atoms with Crippen LogP contribution in [-0.2, 0) is 4.79 Å². The van der Waals surface area contributed by atoms with Gasteiger partial charge < -0.3 is 4.79 Å². The average Bonchev–Trinajstić information content (AvgIpc) is 2.99. The molecule has 1 heterocycles. The van der Waals surface area contributed by atoms with Gasteiger partial charge in [-0.2, -0.15) is 0 Å². The molecule has 88 valence electrons. The number of nitrogens with zero attached hydrogens (tertiary/aromatic N) is 2. The smallest absolute Gasteiger partial charge is 0.300 e. The largest absolute Gasteiger partial charge is 0.344 e. The first-order valence-electron chi connectivity index (χ1n) is 5.47. The van der Waals surface area contributed by atoms with Crippen molar-refractivity contribution in [2.45, 2.75) is 43.8 Å². The van der Waals surface area contributed by atoms with Crippen LogP contribution in [0.25, 0.3) is 0 Å². The van der Waals surface area contributed by atoms with Crippen LogP contribution in [-0.4, -0.2) is 26.3 Å². The van der Waals surface area contributed by atoms with E-state index in [9.17, 15) is 9.59 Å². The summed E-state index contributed by atoms with van der Waals surface area (Å²) in [4.78, 5) is 22.2. The molecule has 1 aromatic rings. The third kappa shape index (κ3) is 2.75. The third-order valence-corrected chi connectivity index (χ3v) is 3.53. The zero-order valence-corrected chi connectivity index (χ0v) is 10.0. The van der Waals surface area contributed by atoms with Gasteiger partial charge in [0.05, 0.1) is 0 Å². The monoisotopic (exact) mass is 241 g/mol. The van der Waals surface area contributed by atoms with E-state index in [1.807, 2.05) is 0 Å². The summed E-state index contributed by atoms with van der Waals surface area (Å²) in [5, 5.41) is 7.24. The summed E-state index contributed by atoms with van der Waals surface area (Å²) >= 11 is 1.55. The van der Waals surface area contributed by atoms with Gasteiger partial charge in [0, 0.05) is 18.2 Å². The molecule has 0 spiro atoms. The van der Waals surface area contributed by atoms with E-state index < -0.39 is 0 Å². The fourth-order valence-corrected chi connectivity index (χ4v) is 2.48. The summed E-state index contributed by atoms with van der Waals surface area (Å²) in [5.74, 6) is 1.04. The van der Waals surface area contributed by atoms with Gasteiger partial charge in [-0.05, 0) is 26.2 Å². The topological polar surface area (TPSA) is 67.8 Å². The van der Waals surface area contributed by atoms with Gasteiger partial charge in [0.2, 0.25) is 0 Å². The van der Waals surface area contributed by atoms with Crippen molar-refractivity contribution < 1.29 is 4.79 Å². The van der Waals surface area contributed by atoms with Gasteiger partial charge in [0.15, 0.2) is 5.16 Å². The van der Waals surface area contributed by atoms with Gasteiger partial charge >= 0.3 is 5.69 Å². The number of ketones is 1. The van der Waals surface area contributed by atoms with Crippen LogP contribution in [0.2, 0.25) is 0 Å². The van der Waals surface area contributed by atoms with E-state index in [0.29, 0.717) is 12.5 Å². The van der Waals surface area contributed by atoms with Crippen molar-refractivity contribution in [1.29, 1.82) is 0 Å². The van der Waals surface area contributed by atoms with Gasteiger partial charge in [-0.1, -0.05) is 11.8 Å². The van der Waals surface area contributed by atoms with Gasteiger partial charge in [-0.15, -0.1) is 5.10 Å². The fraction of sp³-hybridized carbons (Fsp3) is 0.700. The van der Waals surface area contributed by atoms with E-state index in [-0.39, 0.29) is 11.5 Å². The van der Waals surface area contributed by atoms with Crippen LogP contribution < -0.4 is 5.69 Å². The Morgan fingerprint density at radius 3 is 3.00 bits per heavy atom. The van der Waals surface area contributed by atoms with Crippen molar-refractivity contribution in [3.8, 4) is 0 Å². The first-order chi connectivity index (χ1) is 7.68. The summed E-state index contributed by atoms with van der Waals surface area (Å²) in [6.07, 6.45) is 3.58. The predicted octanol–water partition coefficient (Wildman–Crippen LogP) is 1.37. The van der Waals surface area contributed by atoms with Crippen molar-refractivity contribution in [2.24, 2.45) is 0 Å². The maximum atomic E-state index is 11.4. The number of Topliss-reactive ketones (excluding diaryl/α,β-unsaturated/α-hetero) is 1. The summed E-state index contributed by atoms with van der Waals surface area (Å²) < 4.78 is 1.73. The highest BCUT2D eigenvalue weighted by Crippen LogP contribution is 2.36. The van der Waals surface area contributed by atoms with Crippen molar-refractivity contribution >= 4 is 17.5 Å². The lowest BCUT2D eigenvalue weighted by Crippen LogP contribution is -2.16. The van der Waals surface area contributed by atoms with Crippen LogP contribution in [0.4, 0.5) is 0 Å². The Labute approximate surface area is 97.6 Å². The lowest BCUT2D eigenvalue weighted by atomic mass is 10.3. The third-order valence-electron chi connectivity index (χ3n) is 2.49. The first-order valence-corrected chi connectivity index (χ1v) is 6.46. The number of hydrogen-bond acceptors (Lipinski definition) is 4. The van der Waals surface area contributed by atoms with Gasteiger partial charge in [-0.3, -0.25) is 4.57 Å². The molecule has 1 saturated carbocycles. The van der Waals surface area contributed by atoms with Crippen molar-refractivity contribution in [2.75, 3.05) is 5.75 Å². The lowest BCUT2D eigenvalue weighted by Gasteiger charge is -2.02. The number of carbonyl (C=O) groups excluding carboxylic acids is 1.